The molecule has 0 fully saturated rings. The van der Waals surface area contributed by atoms with Crippen LogP contribution in [-0.2, 0) is 5.88 Å². The summed E-state index contributed by atoms with van der Waals surface area (Å²) >= 11 is 5.77. The van der Waals surface area contributed by atoms with Crippen molar-refractivity contribution in [1.82, 2.24) is 9.80 Å². The van der Waals surface area contributed by atoms with Crippen LogP contribution >= 0.6 is 11.6 Å². The van der Waals surface area contributed by atoms with E-state index in [9.17, 15) is 4.79 Å². The van der Waals surface area contributed by atoms with Crippen molar-refractivity contribution in [3.8, 4) is 0 Å². The molecule has 1 rings (SSSR count). The Bertz CT molecular complexity index is 393. The number of hydrogen-bond donors (Lipinski definition) is 0. The fraction of sp³-hybridized carbons (Fsp3) is 0.500. The van der Waals surface area contributed by atoms with Crippen molar-refractivity contribution in [1.29, 1.82) is 0 Å². The van der Waals surface area contributed by atoms with E-state index in [-0.39, 0.29) is 5.91 Å². The standard InChI is InChI=1S/C14H21ClN2O/c1-16(2)8-5-9-17(3)14(18)13-7-4-6-12(10-13)11-15/h4,6-7,10H,5,8-9,11H2,1-3H3. The highest BCUT2D eigenvalue weighted by Gasteiger charge is 2.11. The Morgan fingerprint density at radius 1 is 1.22 bits per heavy atom. The Morgan fingerprint density at radius 3 is 2.56 bits per heavy atom. The summed E-state index contributed by atoms with van der Waals surface area (Å²) in [6.45, 7) is 1.75. The third-order valence-corrected chi connectivity index (χ3v) is 3.08. The first-order valence-corrected chi connectivity index (χ1v) is 6.63. The Labute approximate surface area is 114 Å². The maximum absolute atomic E-state index is 12.2. The number of carbonyl (C=O) groups is 1. The minimum absolute atomic E-state index is 0.0562. The molecule has 0 aliphatic rings. The van der Waals surface area contributed by atoms with Gasteiger partial charge in [0.2, 0.25) is 0 Å². The Balaban J connectivity index is 2.56. The Kier molecular flexibility index (Phi) is 6.16. The first kappa shape index (κ1) is 15.0. The van der Waals surface area contributed by atoms with E-state index in [1.54, 1.807) is 4.90 Å². The number of nitrogens with zero attached hydrogens (tertiary/aromatic N) is 2. The average molecular weight is 269 g/mol. The lowest BCUT2D eigenvalue weighted by Crippen LogP contribution is -2.29. The summed E-state index contributed by atoms with van der Waals surface area (Å²) in [5.74, 6) is 0.492. The quantitative estimate of drug-likeness (QED) is 0.740. The number of hydrogen-bond acceptors (Lipinski definition) is 2. The minimum Gasteiger partial charge on any atom is -0.342 e. The summed E-state index contributed by atoms with van der Waals surface area (Å²) in [5, 5.41) is 0. The van der Waals surface area contributed by atoms with Gasteiger partial charge in [-0.25, -0.2) is 0 Å². The van der Waals surface area contributed by atoms with Crippen LogP contribution in [0.2, 0.25) is 0 Å². The molecule has 0 N–H and O–H groups in total. The molecular weight excluding hydrogens is 248 g/mol. The van der Waals surface area contributed by atoms with E-state index < -0.39 is 0 Å². The van der Waals surface area contributed by atoms with Gasteiger partial charge in [0.05, 0.1) is 0 Å². The van der Waals surface area contributed by atoms with Gasteiger partial charge in [0.1, 0.15) is 0 Å². The van der Waals surface area contributed by atoms with Gasteiger partial charge in [0.25, 0.3) is 5.91 Å². The molecule has 0 heterocycles. The van der Waals surface area contributed by atoms with E-state index in [0.29, 0.717) is 11.4 Å². The minimum atomic E-state index is 0.0562. The normalized spacial score (nSPS) is 10.7. The highest BCUT2D eigenvalue weighted by atomic mass is 35.5. The number of alkyl halides is 1. The average Bonchev–Trinajstić information content (AvgIpc) is 2.37. The zero-order valence-electron chi connectivity index (χ0n) is 11.3. The van der Waals surface area contributed by atoms with Crippen molar-refractivity contribution in [3.05, 3.63) is 35.4 Å². The van der Waals surface area contributed by atoms with Crippen LogP contribution in [0.4, 0.5) is 0 Å². The molecule has 0 radical (unpaired) electrons. The monoisotopic (exact) mass is 268 g/mol. The van der Waals surface area contributed by atoms with Crippen LogP contribution in [-0.4, -0.2) is 49.9 Å². The molecule has 0 saturated heterocycles. The van der Waals surface area contributed by atoms with E-state index in [1.165, 1.54) is 0 Å². The van der Waals surface area contributed by atoms with Crippen LogP contribution in [0.15, 0.2) is 24.3 Å². The molecule has 0 spiro atoms. The molecule has 0 bridgehead atoms. The summed E-state index contributed by atoms with van der Waals surface area (Å²) in [7, 11) is 5.91. The van der Waals surface area contributed by atoms with E-state index in [1.807, 2.05) is 45.4 Å². The van der Waals surface area contributed by atoms with Gasteiger partial charge in [-0.2, -0.15) is 0 Å². The van der Waals surface area contributed by atoms with Crippen molar-refractivity contribution in [2.24, 2.45) is 0 Å². The van der Waals surface area contributed by atoms with Gasteiger partial charge in [-0.05, 0) is 44.8 Å². The maximum atomic E-state index is 12.2. The van der Waals surface area contributed by atoms with Crippen molar-refractivity contribution in [2.75, 3.05) is 34.2 Å². The highest BCUT2D eigenvalue weighted by Crippen LogP contribution is 2.10. The molecule has 0 atom stereocenters. The SMILES string of the molecule is CN(C)CCCN(C)C(=O)c1cccc(CCl)c1. The predicted molar refractivity (Wildman–Crippen MR) is 76.1 cm³/mol. The molecule has 1 amide bonds. The summed E-state index contributed by atoms with van der Waals surface area (Å²) in [6, 6.07) is 7.49. The zero-order valence-corrected chi connectivity index (χ0v) is 12.1. The molecule has 100 valence electrons. The number of benzene rings is 1. The van der Waals surface area contributed by atoms with Crippen LogP contribution in [0.1, 0.15) is 22.3 Å². The first-order chi connectivity index (χ1) is 8.54. The second kappa shape index (κ2) is 7.39. The smallest absolute Gasteiger partial charge is 0.253 e. The molecule has 0 aliphatic carbocycles. The van der Waals surface area contributed by atoms with Crippen molar-refractivity contribution < 1.29 is 4.79 Å². The fourth-order valence-corrected chi connectivity index (χ4v) is 1.90. The summed E-state index contributed by atoms with van der Waals surface area (Å²) in [6.07, 6.45) is 0.977. The van der Waals surface area contributed by atoms with Crippen LogP contribution in [0.3, 0.4) is 0 Å². The molecule has 1 aromatic carbocycles. The lowest BCUT2D eigenvalue weighted by Gasteiger charge is -2.18. The first-order valence-electron chi connectivity index (χ1n) is 6.09. The van der Waals surface area contributed by atoms with Gasteiger partial charge < -0.3 is 9.80 Å². The lowest BCUT2D eigenvalue weighted by molar-refractivity contribution is 0.0790. The van der Waals surface area contributed by atoms with Gasteiger partial charge in [-0.1, -0.05) is 12.1 Å². The van der Waals surface area contributed by atoms with Gasteiger partial charge in [0, 0.05) is 25.0 Å². The Morgan fingerprint density at radius 2 is 1.94 bits per heavy atom. The van der Waals surface area contributed by atoms with E-state index in [2.05, 4.69) is 4.90 Å². The van der Waals surface area contributed by atoms with Crippen molar-refractivity contribution in [3.63, 3.8) is 0 Å². The van der Waals surface area contributed by atoms with E-state index in [0.717, 1.165) is 25.1 Å². The fourth-order valence-electron chi connectivity index (χ4n) is 1.73. The van der Waals surface area contributed by atoms with Crippen LogP contribution in [0.25, 0.3) is 0 Å². The molecule has 3 nitrogen and oxygen atoms in total. The molecule has 0 unspecified atom stereocenters. The topological polar surface area (TPSA) is 23.6 Å². The number of carbonyl (C=O) groups excluding carboxylic acids is 1. The summed E-state index contributed by atoms with van der Waals surface area (Å²) in [5.41, 5.74) is 1.68. The second-order valence-corrected chi connectivity index (χ2v) is 4.98. The molecule has 18 heavy (non-hydrogen) atoms. The predicted octanol–water partition coefficient (Wildman–Crippen LogP) is 2.45. The van der Waals surface area contributed by atoms with Gasteiger partial charge >= 0.3 is 0 Å². The van der Waals surface area contributed by atoms with Gasteiger partial charge in [-0.3, -0.25) is 4.79 Å². The number of rotatable bonds is 6. The third-order valence-electron chi connectivity index (χ3n) is 2.77. The number of halogens is 1. The molecule has 1 aromatic rings. The zero-order chi connectivity index (χ0) is 13.5. The second-order valence-electron chi connectivity index (χ2n) is 4.72. The lowest BCUT2D eigenvalue weighted by atomic mass is 10.1. The number of amides is 1. The van der Waals surface area contributed by atoms with Gasteiger partial charge in [-0.15, -0.1) is 11.6 Å². The molecule has 0 aliphatic heterocycles. The molecule has 4 heteroatoms. The van der Waals surface area contributed by atoms with Crippen LogP contribution < -0.4 is 0 Å². The van der Waals surface area contributed by atoms with Gasteiger partial charge in [0.15, 0.2) is 0 Å². The Hall–Kier alpha value is -1.06. The van der Waals surface area contributed by atoms with Crippen molar-refractivity contribution >= 4 is 17.5 Å². The van der Waals surface area contributed by atoms with Crippen molar-refractivity contribution in [2.45, 2.75) is 12.3 Å². The summed E-state index contributed by atoms with van der Waals surface area (Å²) < 4.78 is 0. The molecule has 0 aromatic heterocycles. The molecular formula is C14H21ClN2O. The van der Waals surface area contributed by atoms with Crippen LogP contribution in [0.5, 0.6) is 0 Å². The summed E-state index contributed by atoms with van der Waals surface area (Å²) in [4.78, 5) is 16.0. The highest BCUT2D eigenvalue weighted by molar-refractivity contribution is 6.17. The maximum Gasteiger partial charge on any atom is 0.253 e. The van der Waals surface area contributed by atoms with E-state index >= 15 is 0 Å². The van der Waals surface area contributed by atoms with E-state index in [4.69, 9.17) is 11.6 Å². The third kappa shape index (κ3) is 4.67. The largest absolute Gasteiger partial charge is 0.342 e. The van der Waals surface area contributed by atoms with Crippen LogP contribution in [0, 0.1) is 0 Å². The molecule has 0 saturated carbocycles.